The van der Waals surface area contributed by atoms with Gasteiger partial charge in [-0.3, -0.25) is 0 Å². The maximum absolute atomic E-state index is 7.00. The molecule has 0 radical (unpaired) electrons. The van der Waals surface area contributed by atoms with Gasteiger partial charge in [0, 0.05) is 7.11 Å². The van der Waals surface area contributed by atoms with E-state index in [1.807, 2.05) is 6.07 Å². The van der Waals surface area contributed by atoms with Crippen LogP contribution in [0.25, 0.3) is 0 Å². The molecule has 1 aliphatic carbocycles. The van der Waals surface area contributed by atoms with Crippen molar-refractivity contribution < 1.29 is 14.6 Å². The number of hydrogen-bond acceptors (Lipinski definition) is 3. The molecule has 0 bridgehead atoms. The van der Waals surface area contributed by atoms with Gasteiger partial charge in [0.15, 0.2) is 0 Å². The molecule has 1 saturated heterocycles. The predicted molar refractivity (Wildman–Crippen MR) is 111 cm³/mol. The van der Waals surface area contributed by atoms with E-state index in [1.54, 1.807) is 7.11 Å². The first-order valence-corrected chi connectivity index (χ1v) is 10.0. The molecule has 0 aromatic heterocycles. The van der Waals surface area contributed by atoms with E-state index < -0.39 is 0 Å². The fourth-order valence-corrected chi connectivity index (χ4v) is 2.87. The fraction of sp³-hybridized carbons (Fsp3) is 0.500. The highest BCUT2D eigenvalue weighted by atomic mass is 16.6. The van der Waals surface area contributed by atoms with Crippen LogP contribution in [0.2, 0.25) is 0 Å². The monoisotopic (exact) mass is 370 g/mol. The Labute approximate surface area is 164 Å². The molecule has 1 N–H and O–H groups in total. The molecule has 2 aromatic rings. The minimum Gasteiger partial charge on any atom is -0.497 e. The summed E-state index contributed by atoms with van der Waals surface area (Å²) in [5.74, 6) is 2.02. The molecule has 1 saturated carbocycles. The zero-order valence-corrected chi connectivity index (χ0v) is 17.0. The van der Waals surface area contributed by atoms with Gasteiger partial charge in [-0.05, 0) is 60.4 Å². The second kappa shape index (κ2) is 11.8. The van der Waals surface area contributed by atoms with E-state index in [2.05, 4.69) is 49.4 Å². The van der Waals surface area contributed by atoms with Crippen LogP contribution in [0.15, 0.2) is 48.5 Å². The molecular weight excluding hydrogens is 336 g/mol. The van der Waals surface area contributed by atoms with E-state index in [0.29, 0.717) is 6.10 Å². The summed E-state index contributed by atoms with van der Waals surface area (Å²) in [6.45, 7) is 3.23. The van der Waals surface area contributed by atoms with Crippen LogP contribution in [0.4, 0.5) is 0 Å². The van der Waals surface area contributed by atoms with Crippen molar-refractivity contribution in [2.24, 2.45) is 5.92 Å². The summed E-state index contributed by atoms with van der Waals surface area (Å²) in [7, 11) is 2.72. The molecule has 1 atom stereocenters. The van der Waals surface area contributed by atoms with Crippen LogP contribution in [0.3, 0.4) is 0 Å². The van der Waals surface area contributed by atoms with Crippen molar-refractivity contribution in [1.29, 1.82) is 0 Å². The van der Waals surface area contributed by atoms with Crippen LogP contribution >= 0.6 is 0 Å². The van der Waals surface area contributed by atoms with E-state index >= 15 is 0 Å². The number of aliphatic hydroxyl groups excluding tert-OH is 1. The molecule has 2 aliphatic rings. The van der Waals surface area contributed by atoms with E-state index in [9.17, 15) is 0 Å². The third kappa shape index (κ3) is 8.59. The summed E-state index contributed by atoms with van der Waals surface area (Å²) < 4.78 is 10.6. The van der Waals surface area contributed by atoms with Gasteiger partial charge in [-0.2, -0.15) is 0 Å². The second-order valence-electron chi connectivity index (χ2n) is 7.30. The fourth-order valence-electron chi connectivity index (χ4n) is 2.87. The quantitative estimate of drug-likeness (QED) is 0.709. The second-order valence-corrected chi connectivity index (χ2v) is 7.30. The Morgan fingerprint density at radius 2 is 1.59 bits per heavy atom. The van der Waals surface area contributed by atoms with Crippen LogP contribution in [0.1, 0.15) is 42.9 Å². The molecule has 148 valence electrons. The molecule has 3 nitrogen and oxygen atoms in total. The molecule has 2 fully saturated rings. The molecular formula is C24H34O3. The highest BCUT2D eigenvalue weighted by Gasteiger charge is 2.21. The normalized spacial score (nSPS) is 17.1. The number of epoxide rings is 1. The summed E-state index contributed by atoms with van der Waals surface area (Å²) in [6, 6.07) is 17.1. The highest BCUT2D eigenvalue weighted by molar-refractivity contribution is 5.31. The van der Waals surface area contributed by atoms with Gasteiger partial charge in [0.25, 0.3) is 0 Å². The van der Waals surface area contributed by atoms with Crippen LogP contribution in [-0.4, -0.2) is 32.0 Å². The van der Waals surface area contributed by atoms with Gasteiger partial charge in [-0.1, -0.05) is 56.2 Å². The predicted octanol–water partition coefficient (Wildman–Crippen LogP) is 4.84. The summed E-state index contributed by atoms with van der Waals surface area (Å²) >= 11 is 0. The lowest BCUT2D eigenvalue weighted by Crippen LogP contribution is -1.99. The van der Waals surface area contributed by atoms with Gasteiger partial charge >= 0.3 is 0 Å². The number of hydrogen-bond donors (Lipinski definition) is 1. The van der Waals surface area contributed by atoms with Crippen molar-refractivity contribution in [3.63, 3.8) is 0 Å². The maximum Gasteiger partial charge on any atom is 0.119 e. The van der Waals surface area contributed by atoms with Gasteiger partial charge in [0.2, 0.25) is 0 Å². The number of methoxy groups -OCH3 is 1. The Bertz CT molecular complexity index is 660. The molecule has 1 heterocycles. The molecule has 0 amide bonds. The van der Waals surface area contributed by atoms with Crippen LogP contribution in [0, 0.1) is 5.92 Å². The molecule has 1 unspecified atom stereocenters. The van der Waals surface area contributed by atoms with Crippen molar-refractivity contribution in [2.75, 3.05) is 20.8 Å². The summed E-state index contributed by atoms with van der Waals surface area (Å²) in [6.07, 6.45) is 7.88. The molecule has 4 rings (SSSR count). The van der Waals surface area contributed by atoms with Crippen LogP contribution < -0.4 is 4.74 Å². The van der Waals surface area contributed by atoms with Crippen molar-refractivity contribution in [3.05, 3.63) is 65.2 Å². The molecule has 3 heteroatoms. The number of aliphatic hydroxyl groups is 1. The van der Waals surface area contributed by atoms with Gasteiger partial charge in [-0.15, -0.1) is 0 Å². The summed E-state index contributed by atoms with van der Waals surface area (Å²) in [4.78, 5) is 0. The zero-order chi connectivity index (χ0) is 19.5. The average Bonchev–Trinajstić information content (AvgIpc) is 3.65. The highest BCUT2D eigenvalue weighted by Crippen LogP contribution is 2.26. The largest absolute Gasteiger partial charge is 0.497 e. The SMILES string of the molecule is CC1CC1.CO.COc1cccc(CCc2ccccc2CCC2CO2)c1. The first-order valence-electron chi connectivity index (χ1n) is 10.0. The first kappa shape index (κ1) is 21.5. The molecule has 0 spiro atoms. The Hall–Kier alpha value is -1.84. The van der Waals surface area contributed by atoms with Crippen molar-refractivity contribution in [3.8, 4) is 5.75 Å². The topological polar surface area (TPSA) is 42.0 Å². The van der Waals surface area contributed by atoms with E-state index in [-0.39, 0.29) is 0 Å². The van der Waals surface area contributed by atoms with Gasteiger partial charge < -0.3 is 14.6 Å². The van der Waals surface area contributed by atoms with Gasteiger partial charge in [-0.25, -0.2) is 0 Å². The lowest BCUT2D eigenvalue weighted by Gasteiger charge is -2.09. The Balaban J connectivity index is 0.000000378. The molecule has 2 aromatic carbocycles. The van der Waals surface area contributed by atoms with Gasteiger partial charge in [0.05, 0.1) is 19.8 Å². The lowest BCUT2D eigenvalue weighted by molar-refractivity contribution is 0.396. The third-order valence-electron chi connectivity index (χ3n) is 4.94. The van der Waals surface area contributed by atoms with Crippen molar-refractivity contribution in [2.45, 2.75) is 51.6 Å². The standard InChI is InChI=1S/C19H22O2.C4H8.CH4O/c1-20-18-8-4-5-15(13-18)9-10-16-6-2-3-7-17(16)11-12-19-14-21-19;1-4-2-3-4;1-2/h2-8,13,19H,9-12,14H2,1H3;4H,2-3H2,1H3;2H,1H3. The maximum atomic E-state index is 7.00. The Morgan fingerprint density at radius 1 is 0.963 bits per heavy atom. The van der Waals surface area contributed by atoms with Crippen LogP contribution in [-0.2, 0) is 24.0 Å². The number of aryl methyl sites for hydroxylation is 3. The minimum atomic E-state index is 0.511. The summed E-state index contributed by atoms with van der Waals surface area (Å²) in [5, 5.41) is 7.00. The Morgan fingerprint density at radius 3 is 2.15 bits per heavy atom. The molecule has 1 aliphatic heterocycles. The minimum absolute atomic E-state index is 0.511. The first-order chi connectivity index (χ1) is 13.2. The van der Waals surface area contributed by atoms with Crippen molar-refractivity contribution in [1.82, 2.24) is 0 Å². The molecule has 27 heavy (non-hydrogen) atoms. The third-order valence-corrected chi connectivity index (χ3v) is 4.94. The lowest BCUT2D eigenvalue weighted by atomic mass is 9.96. The Kier molecular flexibility index (Phi) is 9.37. The van der Waals surface area contributed by atoms with Gasteiger partial charge in [0.1, 0.15) is 5.75 Å². The number of benzene rings is 2. The average molecular weight is 371 g/mol. The van der Waals surface area contributed by atoms with Crippen LogP contribution in [0.5, 0.6) is 5.75 Å². The van der Waals surface area contributed by atoms with Crippen molar-refractivity contribution >= 4 is 0 Å². The summed E-state index contributed by atoms with van der Waals surface area (Å²) in [5.41, 5.74) is 4.26. The zero-order valence-electron chi connectivity index (χ0n) is 17.0. The van der Waals surface area contributed by atoms with E-state index in [1.165, 1.54) is 29.5 Å². The smallest absolute Gasteiger partial charge is 0.119 e. The van der Waals surface area contributed by atoms with E-state index in [0.717, 1.165) is 51.1 Å². The number of ether oxygens (including phenoxy) is 2. The van der Waals surface area contributed by atoms with E-state index in [4.69, 9.17) is 14.6 Å². The number of rotatable bonds is 7.